The van der Waals surface area contributed by atoms with E-state index in [0.717, 1.165) is 27.8 Å². The van der Waals surface area contributed by atoms with E-state index >= 15 is 0 Å². The van der Waals surface area contributed by atoms with Gasteiger partial charge in [-0.3, -0.25) is 14.4 Å². The molecule has 4 aromatic rings. The average Bonchev–Trinajstić information content (AvgIpc) is 3.55. The lowest BCUT2D eigenvalue weighted by molar-refractivity contribution is -0.133. The lowest BCUT2D eigenvalue weighted by Crippen LogP contribution is -2.43. The molecular formula is C40H43N3O5. The van der Waals surface area contributed by atoms with Gasteiger partial charge in [0.15, 0.2) is 0 Å². The maximum atomic E-state index is 14.0. The Bertz CT molecular complexity index is 1730. The normalized spacial score (nSPS) is 21.5. The number of likely N-dealkylation sites (tertiary alicyclic amines) is 1. The minimum atomic E-state index is -0.954. The molecule has 4 aromatic carbocycles. The van der Waals surface area contributed by atoms with Gasteiger partial charge in [0, 0.05) is 36.4 Å². The minimum absolute atomic E-state index is 0.0470. The van der Waals surface area contributed by atoms with E-state index in [-0.39, 0.29) is 36.7 Å². The summed E-state index contributed by atoms with van der Waals surface area (Å²) in [6.07, 6.45) is 1.06. The number of hydrogen-bond donors (Lipinski definition) is 4. The predicted octanol–water partition coefficient (Wildman–Crippen LogP) is 4.17. The van der Waals surface area contributed by atoms with Crippen molar-refractivity contribution in [3.8, 4) is 0 Å². The van der Waals surface area contributed by atoms with E-state index in [1.165, 1.54) is 0 Å². The topological polar surface area (TPSA) is 133 Å². The number of carbonyl (C=O) groups is 3. The standard InChI is InChI=1S/C40H43N3O5/c41-38(46)30-16-9-14-28(19-30)20-32-22-33(21-27-12-5-2-6-13-27)43(40(32)48)25-34(44)23-31(18-26-10-3-1-4-11-26)39(47)42-37-35-17-8-7-15-29(35)24-36(37)45/h1-17,19,31-34,36-37,44-45H,18,20-25H2,(H2,41,46)(H,42,47)/t31-,32-,33-,34-,36+,37-/m0/s1. The fourth-order valence-electron chi connectivity index (χ4n) is 7.43. The zero-order valence-electron chi connectivity index (χ0n) is 26.9. The summed E-state index contributed by atoms with van der Waals surface area (Å²) < 4.78 is 0. The highest BCUT2D eigenvalue weighted by atomic mass is 16.3. The zero-order chi connectivity index (χ0) is 33.6. The lowest BCUT2D eigenvalue weighted by Gasteiger charge is -2.29. The number of fused-ring (bicyclic) bond motifs is 1. The van der Waals surface area contributed by atoms with Crippen LogP contribution in [0.4, 0.5) is 0 Å². The summed E-state index contributed by atoms with van der Waals surface area (Å²) >= 11 is 0. The Labute approximate surface area is 281 Å². The summed E-state index contributed by atoms with van der Waals surface area (Å²) in [7, 11) is 0. The SMILES string of the molecule is NC(=O)c1cccc(C[C@H]2C[C@H](Cc3ccccc3)N(C[C@@H](O)C[C@H](Cc3ccccc3)C(=O)N[C@H]3c4ccccc4C[C@H]3O)C2=O)c1. The monoisotopic (exact) mass is 645 g/mol. The molecular weight excluding hydrogens is 602 g/mol. The number of carbonyl (C=O) groups excluding carboxylic acids is 3. The van der Waals surface area contributed by atoms with Crippen LogP contribution >= 0.6 is 0 Å². The number of aliphatic hydroxyl groups excluding tert-OH is 2. The zero-order valence-corrected chi connectivity index (χ0v) is 26.9. The number of aliphatic hydroxyl groups is 2. The molecule has 2 aliphatic rings. The van der Waals surface area contributed by atoms with Crippen molar-refractivity contribution < 1.29 is 24.6 Å². The Morgan fingerprint density at radius 3 is 2.25 bits per heavy atom. The van der Waals surface area contributed by atoms with Gasteiger partial charge in [0.1, 0.15) is 0 Å². The largest absolute Gasteiger partial charge is 0.391 e. The predicted molar refractivity (Wildman–Crippen MR) is 184 cm³/mol. The van der Waals surface area contributed by atoms with Gasteiger partial charge in [0.05, 0.1) is 18.2 Å². The Hall–Kier alpha value is -4.79. The molecule has 6 atom stereocenters. The van der Waals surface area contributed by atoms with Crippen molar-refractivity contribution in [2.45, 2.75) is 62.8 Å². The van der Waals surface area contributed by atoms with Crippen molar-refractivity contribution in [2.75, 3.05) is 6.54 Å². The van der Waals surface area contributed by atoms with Gasteiger partial charge in [0.25, 0.3) is 0 Å². The molecule has 8 nitrogen and oxygen atoms in total. The van der Waals surface area contributed by atoms with E-state index in [0.29, 0.717) is 37.7 Å². The fourth-order valence-corrected chi connectivity index (χ4v) is 7.43. The highest BCUT2D eigenvalue weighted by Crippen LogP contribution is 2.33. The molecule has 1 fully saturated rings. The second-order valence-electron chi connectivity index (χ2n) is 13.3. The molecule has 0 radical (unpaired) electrons. The Morgan fingerprint density at radius 1 is 0.854 bits per heavy atom. The third-order valence-corrected chi connectivity index (χ3v) is 9.80. The molecule has 6 rings (SSSR count). The quantitative estimate of drug-likeness (QED) is 0.173. The number of nitrogens with one attached hydrogen (secondary N) is 1. The maximum Gasteiger partial charge on any atom is 0.248 e. The maximum absolute atomic E-state index is 14.0. The lowest BCUT2D eigenvalue weighted by atomic mass is 9.91. The number of β-amino-alcohol motifs (C(OH)–C–C–N with tert-alkyl or cyclic N) is 1. The molecule has 0 saturated carbocycles. The number of nitrogens with two attached hydrogens (primary N) is 1. The Kier molecular flexibility index (Phi) is 10.3. The van der Waals surface area contributed by atoms with Gasteiger partial charge < -0.3 is 26.2 Å². The van der Waals surface area contributed by atoms with E-state index < -0.39 is 30.1 Å². The second kappa shape index (κ2) is 15.0. The van der Waals surface area contributed by atoms with Gasteiger partial charge in [-0.2, -0.15) is 0 Å². The highest BCUT2D eigenvalue weighted by Gasteiger charge is 2.41. The summed E-state index contributed by atoms with van der Waals surface area (Å²) in [5.41, 5.74) is 10.8. The molecule has 5 N–H and O–H groups in total. The Balaban J connectivity index is 1.19. The first-order valence-electron chi connectivity index (χ1n) is 16.8. The smallest absolute Gasteiger partial charge is 0.248 e. The summed E-state index contributed by atoms with van der Waals surface area (Å²) in [5.74, 6) is -1.70. The molecule has 1 heterocycles. The van der Waals surface area contributed by atoms with E-state index in [1.807, 2.05) is 91.0 Å². The van der Waals surface area contributed by atoms with Crippen LogP contribution in [0.25, 0.3) is 0 Å². The van der Waals surface area contributed by atoms with Crippen LogP contribution in [0.2, 0.25) is 0 Å². The van der Waals surface area contributed by atoms with Crippen LogP contribution in [0, 0.1) is 11.8 Å². The second-order valence-corrected chi connectivity index (χ2v) is 13.3. The average molecular weight is 646 g/mol. The van der Waals surface area contributed by atoms with Gasteiger partial charge in [-0.25, -0.2) is 0 Å². The molecule has 3 amide bonds. The highest BCUT2D eigenvalue weighted by molar-refractivity contribution is 5.93. The van der Waals surface area contributed by atoms with Crippen LogP contribution in [0.5, 0.6) is 0 Å². The van der Waals surface area contributed by atoms with Crippen molar-refractivity contribution in [1.82, 2.24) is 10.2 Å². The van der Waals surface area contributed by atoms with Crippen LogP contribution in [0.15, 0.2) is 109 Å². The third-order valence-electron chi connectivity index (χ3n) is 9.80. The van der Waals surface area contributed by atoms with Gasteiger partial charge in [0.2, 0.25) is 17.7 Å². The first-order chi connectivity index (χ1) is 23.2. The third kappa shape index (κ3) is 7.84. The number of benzene rings is 4. The van der Waals surface area contributed by atoms with Crippen molar-refractivity contribution in [2.24, 2.45) is 17.6 Å². The summed E-state index contributed by atoms with van der Waals surface area (Å²) in [5, 5.41) is 25.5. The molecule has 0 unspecified atom stereocenters. The number of primary amides is 1. The van der Waals surface area contributed by atoms with Crippen molar-refractivity contribution in [1.29, 1.82) is 0 Å². The molecule has 0 bridgehead atoms. The van der Waals surface area contributed by atoms with Crippen LogP contribution < -0.4 is 11.1 Å². The van der Waals surface area contributed by atoms with Crippen LogP contribution in [-0.2, 0) is 35.3 Å². The Morgan fingerprint density at radius 2 is 1.52 bits per heavy atom. The molecule has 248 valence electrons. The fraction of sp³-hybridized carbons (Fsp3) is 0.325. The first-order valence-corrected chi connectivity index (χ1v) is 16.8. The van der Waals surface area contributed by atoms with Crippen molar-refractivity contribution >= 4 is 17.7 Å². The number of nitrogens with zero attached hydrogens (tertiary/aromatic N) is 1. The molecule has 1 aliphatic carbocycles. The molecule has 48 heavy (non-hydrogen) atoms. The summed E-state index contributed by atoms with van der Waals surface area (Å²) in [6.45, 7) is 0.0988. The molecule has 0 spiro atoms. The van der Waals surface area contributed by atoms with E-state index in [9.17, 15) is 24.6 Å². The van der Waals surface area contributed by atoms with Crippen LogP contribution in [-0.4, -0.2) is 57.6 Å². The van der Waals surface area contributed by atoms with E-state index in [1.54, 1.807) is 23.1 Å². The molecule has 1 aliphatic heterocycles. The molecule has 8 heteroatoms. The van der Waals surface area contributed by atoms with Gasteiger partial charge >= 0.3 is 0 Å². The van der Waals surface area contributed by atoms with Crippen LogP contribution in [0.3, 0.4) is 0 Å². The van der Waals surface area contributed by atoms with E-state index in [2.05, 4.69) is 5.32 Å². The van der Waals surface area contributed by atoms with Gasteiger partial charge in [-0.05, 0) is 72.1 Å². The summed E-state index contributed by atoms with van der Waals surface area (Å²) in [4.78, 5) is 41.4. The first kappa shape index (κ1) is 33.1. The summed E-state index contributed by atoms with van der Waals surface area (Å²) in [6, 6.07) is 33.9. The number of hydrogen-bond acceptors (Lipinski definition) is 5. The van der Waals surface area contributed by atoms with E-state index in [4.69, 9.17) is 5.73 Å². The van der Waals surface area contributed by atoms with Crippen molar-refractivity contribution in [3.05, 3.63) is 143 Å². The molecule has 0 aromatic heterocycles. The van der Waals surface area contributed by atoms with Crippen molar-refractivity contribution in [3.63, 3.8) is 0 Å². The molecule has 1 saturated heterocycles. The number of rotatable bonds is 13. The minimum Gasteiger partial charge on any atom is -0.391 e. The van der Waals surface area contributed by atoms with Crippen LogP contribution in [0.1, 0.15) is 57.1 Å². The van der Waals surface area contributed by atoms with Gasteiger partial charge in [-0.1, -0.05) is 97.1 Å². The van der Waals surface area contributed by atoms with Gasteiger partial charge in [-0.15, -0.1) is 0 Å². The number of amides is 3.